The third-order valence-electron chi connectivity index (χ3n) is 1.92. The summed E-state index contributed by atoms with van der Waals surface area (Å²) in [6.45, 7) is 1.85. The molecule has 1 N–H and O–H groups in total. The summed E-state index contributed by atoms with van der Waals surface area (Å²) in [4.78, 5) is 4.21. The number of ether oxygens (including phenoxy) is 1. The molecule has 1 unspecified atom stereocenters. The smallest absolute Gasteiger partial charge is 0.224 e. The topological polar surface area (TPSA) is 45.4 Å². The summed E-state index contributed by atoms with van der Waals surface area (Å²) in [6.07, 6.45) is 0. The second-order valence-electron chi connectivity index (χ2n) is 2.94. The molecular weight excluding hydrogens is 164 g/mol. The van der Waals surface area contributed by atoms with Crippen LogP contribution in [0.4, 0.5) is 0 Å². The van der Waals surface area contributed by atoms with Crippen LogP contribution in [-0.4, -0.2) is 17.8 Å². The van der Waals surface area contributed by atoms with Gasteiger partial charge in [0.2, 0.25) is 11.8 Å². The standard InChI is InChI=1S/C10H10N2O/c1-7-9(11)13-10(12-7)8-5-3-2-4-6-8/h2-7,11H,1H3. The van der Waals surface area contributed by atoms with Gasteiger partial charge in [-0.1, -0.05) is 18.2 Å². The summed E-state index contributed by atoms with van der Waals surface area (Å²) in [5.41, 5.74) is 0.927. The van der Waals surface area contributed by atoms with Crippen molar-refractivity contribution in [2.24, 2.45) is 4.99 Å². The Kier molecular flexibility index (Phi) is 1.85. The maximum absolute atomic E-state index is 7.40. The van der Waals surface area contributed by atoms with Crippen molar-refractivity contribution in [2.45, 2.75) is 13.0 Å². The van der Waals surface area contributed by atoms with Crippen LogP contribution in [0, 0.1) is 5.41 Å². The highest BCUT2D eigenvalue weighted by molar-refractivity contribution is 6.06. The van der Waals surface area contributed by atoms with Crippen molar-refractivity contribution >= 4 is 11.8 Å². The van der Waals surface area contributed by atoms with Crippen molar-refractivity contribution in [3.05, 3.63) is 35.9 Å². The molecule has 0 aliphatic carbocycles. The van der Waals surface area contributed by atoms with Gasteiger partial charge in [-0.25, -0.2) is 4.99 Å². The molecule has 1 aromatic rings. The highest BCUT2D eigenvalue weighted by Gasteiger charge is 2.21. The quantitative estimate of drug-likeness (QED) is 0.693. The van der Waals surface area contributed by atoms with E-state index in [0.717, 1.165) is 5.56 Å². The zero-order chi connectivity index (χ0) is 9.26. The number of benzene rings is 1. The second-order valence-corrected chi connectivity index (χ2v) is 2.94. The van der Waals surface area contributed by atoms with Gasteiger partial charge in [0.25, 0.3) is 0 Å². The Morgan fingerprint density at radius 2 is 2.00 bits per heavy atom. The molecule has 3 nitrogen and oxygen atoms in total. The van der Waals surface area contributed by atoms with Crippen LogP contribution in [0.15, 0.2) is 35.3 Å². The van der Waals surface area contributed by atoms with Gasteiger partial charge in [-0.2, -0.15) is 0 Å². The van der Waals surface area contributed by atoms with Crippen molar-refractivity contribution in [1.82, 2.24) is 0 Å². The van der Waals surface area contributed by atoms with Crippen LogP contribution in [0.3, 0.4) is 0 Å². The number of aliphatic imine (C=N–C) groups is 1. The molecule has 0 saturated carbocycles. The number of nitrogens with zero attached hydrogens (tertiary/aromatic N) is 1. The Labute approximate surface area is 76.6 Å². The maximum Gasteiger partial charge on any atom is 0.224 e. The van der Waals surface area contributed by atoms with Crippen molar-refractivity contribution in [2.75, 3.05) is 0 Å². The lowest BCUT2D eigenvalue weighted by molar-refractivity contribution is 0.548. The van der Waals surface area contributed by atoms with E-state index in [1.165, 1.54) is 0 Å². The van der Waals surface area contributed by atoms with Crippen molar-refractivity contribution < 1.29 is 4.74 Å². The zero-order valence-electron chi connectivity index (χ0n) is 7.32. The third kappa shape index (κ3) is 1.45. The largest absolute Gasteiger partial charge is 0.423 e. The van der Waals surface area contributed by atoms with Crippen LogP contribution >= 0.6 is 0 Å². The van der Waals surface area contributed by atoms with Crippen LogP contribution in [0.25, 0.3) is 0 Å². The molecular formula is C10H10N2O. The highest BCUT2D eigenvalue weighted by atomic mass is 16.5. The van der Waals surface area contributed by atoms with E-state index >= 15 is 0 Å². The molecule has 0 spiro atoms. The Hall–Kier alpha value is -1.64. The number of hydrogen-bond donors (Lipinski definition) is 1. The Bertz CT molecular complexity index is 356. The first-order chi connectivity index (χ1) is 6.27. The van der Waals surface area contributed by atoms with Crippen molar-refractivity contribution in [3.63, 3.8) is 0 Å². The molecule has 0 fully saturated rings. The van der Waals surface area contributed by atoms with E-state index in [9.17, 15) is 0 Å². The molecule has 0 saturated heterocycles. The Morgan fingerprint density at radius 3 is 2.54 bits per heavy atom. The van der Waals surface area contributed by atoms with E-state index in [1.54, 1.807) is 0 Å². The summed E-state index contributed by atoms with van der Waals surface area (Å²) in [5.74, 6) is 0.775. The third-order valence-corrected chi connectivity index (χ3v) is 1.92. The Morgan fingerprint density at radius 1 is 1.31 bits per heavy atom. The lowest BCUT2D eigenvalue weighted by atomic mass is 10.2. The van der Waals surface area contributed by atoms with Gasteiger partial charge in [0.05, 0.1) is 0 Å². The van der Waals surface area contributed by atoms with Crippen molar-refractivity contribution in [3.8, 4) is 0 Å². The fourth-order valence-electron chi connectivity index (χ4n) is 1.16. The lowest BCUT2D eigenvalue weighted by Gasteiger charge is -1.99. The van der Waals surface area contributed by atoms with E-state index < -0.39 is 0 Å². The molecule has 1 aliphatic heterocycles. The average Bonchev–Trinajstić information content (AvgIpc) is 2.49. The number of rotatable bonds is 1. The minimum atomic E-state index is -0.143. The fourth-order valence-corrected chi connectivity index (χ4v) is 1.16. The van der Waals surface area contributed by atoms with Crippen LogP contribution < -0.4 is 0 Å². The van der Waals surface area contributed by atoms with E-state index in [2.05, 4.69) is 4.99 Å². The van der Waals surface area contributed by atoms with Gasteiger partial charge >= 0.3 is 0 Å². The predicted molar refractivity (Wildman–Crippen MR) is 51.3 cm³/mol. The molecule has 66 valence electrons. The van der Waals surface area contributed by atoms with Gasteiger partial charge < -0.3 is 4.74 Å². The number of hydrogen-bond acceptors (Lipinski definition) is 3. The first kappa shape index (κ1) is 7.98. The molecule has 2 rings (SSSR count). The van der Waals surface area contributed by atoms with Gasteiger partial charge in [-0.15, -0.1) is 0 Å². The summed E-state index contributed by atoms with van der Waals surface area (Å²) < 4.78 is 5.19. The number of nitrogens with one attached hydrogen (secondary N) is 1. The minimum Gasteiger partial charge on any atom is -0.423 e. The van der Waals surface area contributed by atoms with E-state index in [4.69, 9.17) is 10.1 Å². The molecule has 1 aliphatic rings. The molecule has 1 atom stereocenters. The molecule has 0 amide bonds. The molecule has 0 aromatic heterocycles. The van der Waals surface area contributed by atoms with Crippen LogP contribution in [0.2, 0.25) is 0 Å². The monoisotopic (exact) mass is 174 g/mol. The summed E-state index contributed by atoms with van der Waals surface area (Å²) in [6, 6.07) is 9.49. The van der Waals surface area contributed by atoms with Gasteiger partial charge in [-0.3, -0.25) is 5.41 Å². The average molecular weight is 174 g/mol. The predicted octanol–water partition coefficient (Wildman–Crippen LogP) is 1.83. The summed E-state index contributed by atoms with van der Waals surface area (Å²) >= 11 is 0. The lowest BCUT2D eigenvalue weighted by Crippen LogP contribution is -2.09. The molecule has 13 heavy (non-hydrogen) atoms. The van der Waals surface area contributed by atoms with Crippen molar-refractivity contribution in [1.29, 1.82) is 5.41 Å². The van der Waals surface area contributed by atoms with Crippen LogP contribution in [-0.2, 0) is 4.74 Å². The van der Waals surface area contributed by atoms with Gasteiger partial charge in [0.15, 0.2) is 0 Å². The Balaban J connectivity index is 2.30. The molecule has 0 radical (unpaired) electrons. The van der Waals surface area contributed by atoms with Gasteiger partial charge in [-0.05, 0) is 19.1 Å². The molecule has 1 aromatic carbocycles. The van der Waals surface area contributed by atoms with E-state index in [-0.39, 0.29) is 11.9 Å². The summed E-state index contributed by atoms with van der Waals surface area (Å²) in [5, 5.41) is 7.40. The molecule has 3 heteroatoms. The second kappa shape index (κ2) is 3.01. The molecule has 0 bridgehead atoms. The first-order valence-electron chi connectivity index (χ1n) is 4.17. The fraction of sp³-hybridized carbons (Fsp3) is 0.200. The first-order valence-corrected chi connectivity index (χ1v) is 4.17. The SMILES string of the molecule is CC1N=C(c2ccccc2)OC1=N. The summed E-state index contributed by atoms with van der Waals surface area (Å²) in [7, 11) is 0. The van der Waals surface area contributed by atoms with Gasteiger partial charge in [0.1, 0.15) is 6.04 Å². The molecule has 1 heterocycles. The normalized spacial score (nSPS) is 21.2. The zero-order valence-corrected chi connectivity index (χ0v) is 7.32. The van der Waals surface area contributed by atoms with E-state index in [1.807, 2.05) is 37.3 Å². The van der Waals surface area contributed by atoms with E-state index in [0.29, 0.717) is 5.90 Å². The highest BCUT2D eigenvalue weighted by Crippen LogP contribution is 2.12. The minimum absolute atomic E-state index is 0.143. The van der Waals surface area contributed by atoms with Crippen LogP contribution in [0.5, 0.6) is 0 Å². The maximum atomic E-state index is 7.40. The van der Waals surface area contributed by atoms with Crippen LogP contribution in [0.1, 0.15) is 12.5 Å². The van der Waals surface area contributed by atoms with Gasteiger partial charge in [0, 0.05) is 5.56 Å².